The molecule has 1 rings (SSSR count). The van der Waals surface area contributed by atoms with E-state index in [2.05, 4.69) is 0 Å². The predicted molar refractivity (Wildman–Crippen MR) is 61.2 cm³/mol. The van der Waals surface area contributed by atoms with Crippen molar-refractivity contribution in [3.05, 3.63) is 29.6 Å². The number of ether oxygens (including phenoxy) is 1. The quantitative estimate of drug-likeness (QED) is 0.470. The van der Waals surface area contributed by atoms with Crippen LogP contribution in [0.1, 0.15) is 18.4 Å². The largest absolute Gasteiger partial charge is 0.488 e. The second-order valence-electron chi connectivity index (χ2n) is 4.04. The van der Waals surface area contributed by atoms with Crippen LogP contribution in [0.15, 0.2) is 18.2 Å². The van der Waals surface area contributed by atoms with Gasteiger partial charge in [-0.2, -0.15) is 13.2 Å². The molecule has 1 aromatic rings. The first-order valence-corrected chi connectivity index (χ1v) is 5.58. The zero-order valence-corrected chi connectivity index (χ0v) is 9.95. The van der Waals surface area contributed by atoms with Crippen LogP contribution in [0.5, 0.6) is 0 Å². The van der Waals surface area contributed by atoms with E-state index in [0.717, 1.165) is 12.1 Å². The minimum absolute atomic E-state index is 0.0334. The highest BCUT2D eigenvalue weighted by atomic mass is 19.4. The summed E-state index contributed by atoms with van der Waals surface area (Å²) in [5.74, 6) is -0.667. The summed E-state index contributed by atoms with van der Waals surface area (Å²) in [6, 6.07) is 3.39. The van der Waals surface area contributed by atoms with Crippen molar-refractivity contribution in [2.24, 2.45) is 0 Å². The molecule has 0 aliphatic rings. The number of rotatable bonds is 6. The van der Waals surface area contributed by atoms with Crippen molar-refractivity contribution >= 4 is 12.6 Å². The Balaban J connectivity index is 2.41. The highest BCUT2D eigenvalue weighted by molar-refractivity contribution is 6.58. The summed E-state index contributed by atoms with van der Waals surface area (Å²) >= 11 is 0. The van der Waals surface area contributed by atoms with Crippen LogP contribution in [-0.4, -0.2) is 29.9 Å². The van der Waals surface area contributed by atoms with Gasteiger partial charge < -0.3 is 14.8 Å². The van der Waals surface area contributed by atoms with E-state index in [4.69, 9.17) is 14.8 Å². The minimum Gasteiger partial charge on any atom is -0.423 e. The molecule has 1 aromatic carbocycles. The first-order valence-electron chi connectivity index (χ1n) is 5.58. The van der Waals surface area contributed by atoms with Gasteiger partial charge in [-0.1, -0.05) is 6.07 Å². The molecule has 0 spiro atoms. The van der Waals surface area contributed by atoms with Crippen LogP contribution < -0.4 is 5.46 Å². The van der Waals surface area contributed by atoms with Crippen LogP contribution in [0.25, 0.3) is 0 Å². The molecule has 0 bridgehead atoms. The molecule has 0 saturated carbocycles. The van der Waals surface area contributed by atoms with Crippen LogP contribution in [0.3, 0.4) is 0 Å². The van der Waals surface area contributed by atoms with Crippen LogP contribution in [0, 0.1) is 5.82 Å². The Morgan fingerprint density at radius 2 is 1.84 bits per heavy atom. The fourth-order valence-corrected chi connectivity index (χ4v) is 1.47. The average Bonchev–Trinajstić information content (AvgIpc) is 2.26. The fraction of sp³-hybridized carbons (Fsp3) is 0.455. The molecule has 0 unspecified atom stereocenters. The van der Waals surface area contributed by atoms with Crippen molar-refractivity contribution in [1.29, 1.82) is 0 Å². The van der Waals surface area contributed by atoms with Gasteiger partial charge in [-0.25, -0.2) is 4.39 Å². The molecule has 0 saturated heterocycles. The Bertz CT molecular complexity index is 409. The zero-order chi connectivity index (χ0) is 14.5. The molecule has 0 heterocycles. The number of hydrogen-bond acceptors (Lipinski definition) is 3. The SMILES string of the molecule is OB(O)c1cc(F)cc(COCCCC(F)(F)F)c1. The number of hydrogen-bond donors (Lipinski definition) is 2. The van der Waals surface area contributed by atoms with Gasteiger partial charge in [0.1, 0.15) is 5.82 Å². The third-order valence-electron chi connectivity index (χ3n) is 2.30. The Morgan fingerprint density at radius 1 is 1.16 bits per heavy atom. The molecule has 0 aromatic heterocycles. The smallest absolute Gasteiger partial charge is 0.423 e. The summed E-state index contributed by atoms with van der Waals surface area (Å²) in [6.07, 6.45) is -5.32. The summed E-state index contributed by atoms with van der Waals surface area (Å²) in [5, 5.41) is 17.8. The van der Waals surface area contributed by atoms with Crippen LogP contribution >= 0.6 is 0 Å². The molecular weight excluding hydrogens is 267 g/mol. The molecule has 0 aliphatic carbocycles. The molecule has 0 fully saturated rings. The van der Waals surface area contributed by atoms with Crippen LogP contribution in [-0.2, 0) is 11.3 Å². The molecule has 106 valence electrons. The van der Waals surface area contributed by atoms with Crippen molar-refractivity contribution in [3.63, 3.8) is 0 Å². The minimum atomic E-state index is -4.21. The van der Waals surface area contributed by atoms with Gasteiger partial charge in [-0.15, -0.1) is 0 Å². The van der Waals surface area contributed by atoms with Gasteiger partial charge >= 0.3 is 13.3 Å². The van der Waals surface area contributed by atoms with E-state index in [1.165, 1.54) is 6.07 Å². The number of halogens is 4. The lowest BCUT2D eigenvalue weighted by Crippen LogP contribution is -2.30. The normalized spacial score (nSPS) is 11.7. The summed E-state index contributed by atoms with van der Waals surface area (Å²) < 4.78 is 53.6. The van der Waals surface area contributed by atoms with Gasteiger partial charge in [0, 0.05) is 13.0 Å². The lowest BCUT2D eigenvalue weighted by molar-refractivity contribution is -0.138. The molecular formula is C11H13BF4O3. The maximum absolute atomic E-state index is 13.1. The van der Waals surface area contributed by atoms with Gasteiger partial charge in [0.25, 0.3) is 0 Å². The van der Waals surface area contributed by atoms with Crippen molar-refractivity contribution in [3.8, 4) is 0 Å². The molecule has 2 N–H and O–H groups in total. The van der Waals surface area contributed by atoms with E-state index in [9.17, 15) is 17.6 Å². The zero-order valence-electron chi connectivity index (χ0n) is 9.95. The summed E-state index contributed by atoms with van der Waals surface area (Å²) in [7, 11) is -1.81. The molecule has 0 aliphatic heterocycles. The van der Waals surface area contributed by atoms with Crippen molar-refractivity contribution < 1.29 is 32.3 Å². The van der Waals surface area contributed by atoms with Gasteiger partial charge in [0.05, 0.1) is 6.61 Å². The summed E-state index contributed by atoms with van der Waals surface area (Å²) in [6.45, 7) is -0.192. The first kappa shape index (κ1) is 15.9. The van der Waals surface area contributed by atoms with Crippen LogP contribution in [0.4, 0.5) is 17.6 Å². The maximum atomic E-state index is 13.1. The van der Waals surface area contributed by atoms with Gasteiger partial charge in [-0.3, -0.25) is 0 Å². The Hall–Kier alpha value is -1.12. The summed E-state index contributed by atoms with van der Waals surface area (Å²) in [4.78, 5) is 0. The third-order valence-corrected chi connectivity index (χ3v) is 2.30. The molecule has 19 heavy (non-hydrogen) atoms. The number of alkyl halides is 3. The number of benzene rings is 1. The van der Waals surface area contributed by atoms with Gasteiger partial charge in [0.15, 0.2) is 0 Å². The Morgan fingerprint density at radius 3 is 2.42 bits per heavy atom. The van der Waals surface area contributed by atoms with E-state index in [0.29, 0.717) is 5.56 Å². The first-order chi connectivity index (χ1) is 8.78. The highest BCUT2D eigenvalue weighted by Crippen LogP contribution is 2.21. The molecule has 3 nitrogen and oxygen atoms in total. The molecule has 0 radical (unpaired) electrons. The second kappa shape index (κ2) is 6.88. The third kappa shape index (κ3) is 6.56. The second-order valence-corrected chi connectivity index (χ2v) is 4.04. The highest BCUT2D eigenvalue weighted by Gasteiger charge is 2.25. The fourth-order valence-electron chi connectivity index (χ4n) is 1.47. The topological polar surface area (TPSA) is 49.7 Å². The van der Waals surface area contributed by atoms with Crippen molar-refractivity contribution in [2.45, 2.75) is 25.6 Å². The Labute approximate surface area is 108 Å². The monoisotopic (exact) mass is 280 g/mol. The lowest BCUT2D eigenvalue weighted by Gasteiger charge is -2.08. The Kier molecular flexibility index (Phi) is 5.77. The maximum Gasteiger partial charge on any atom is 0.488 e. The average molecular weight is 280 g/mol. The van der Waals surface area contributed by atoms with Crippen molar-refractivity contribution in [2.75, 3.05) is 6.61 Å². The molecule has 8 heteroatoms. The van der Waals surface area contributed by atoms with E-state index in [1.807, 2.05) is 0 Å². The summed E-state index contributed by atoms with van der Waals surface area (Å²) in [5.41, 5.74) is 0.295. The van der Waals surface area contributed by atoms with Crippen molar-refractivity contribution in [1.82, 2.24) is 0 Å². The van der Waals surface area contributed by atoms with E-state index < -0.39 is 25.5 Å². The molecule has 0 amide bonds. The standard InChI is InChI=1S/C11H13BF4O3/c13-10-5-8(4-9(6-10)12(17)18)7-19-3-1-2-11(14,15)16/h4-6,17-18H,1-3,7H2. The lowest BCUT2D eigenvalue weighted by atomic mass is 9.79. The van der Waals surface area contributed by atoms with Gasteiger partial charge in [0.2, 0.25) is 0 Å². The van der Waals surface area contributed by atoms with E-state index in [-0.39, 0.29) is 25.1 Å². The van der Waals surface area contributed by atoms with E-state index in [1.54, 1.807) is 0 Å². The van der Waals surface area contributed by atoms with Crippen LogP contribution in [0.2, 0.25) is 0 Å². The molecule has 0 atom stereocenters. The van der Waals surface area contributed by atoms with E-state index >= 15 is 0 Å². The van der Waals surface area contributed by atoms with Gasteiger partial charge in [-0.05, 0) is 29.6 Å². The predicted octanol–water partition coefficient (Wildman–Crippen LogP) is 1.36.